The van der Waals surface area contributed by atoms with E-state index in [9.17, 15) is 9.59 Å². The highest BCUT2D eigenvalue weighted by atomic mass is 16.1. The summed E-state index contributed by atoms with van der Waals surface area (Å²) in [6.07, 6.45) is 0. The molecule has 4 rings (SSSR count). The van der Waals surface area contributed by atoms with E-state index in [4.69, 9.17) is 0 Å². The van der Waals surface area contributed by atoms with Gasteiger partial charge in [-0.3, -0.25) is 14.5 Å². The first-order chi connectivity index (χ1) is 16.0. The highest BCUT2D eigenvalue weighted by Gasteiger charge is 2.15. The molecule has 1 heterocycles. The van der Waals surface area contributed by atoms with Crippen molar-refractivity contribution in [1.29, 1.82) is 0 Å². The Morgan fingerprint density at radius 2 is 1.61 bits per heavy atom. The number of piperazine rings is 1. The zero-order chi connectivity index (χ0) is 23.2. The highest BCUT2D eigenvalue weighted by molar-refractivity contribution is 5.99. The van der Waals surface area contributed by atoms with Crippen LogP contribution < -0.4 is 10.6 Å². The molecule has 1 aliphatic rings. The van der Waals surface area contributed by atoms with Crippen LogP contribution in [0.15, 0.2) is 72.8 Å². The Morgan fingerprint density at radius 3 is 2.33 bits per heavy atom. The molecule has 0 spiro atoms. The molecule has 0 unspecified atom stereocenters. The van der Waals surface area contributed by atoms with Crippen LogP contribution in [0.1, 0.15) is 45.7 Å². The average Bonchev–Trinajstić information content (AvgIpc) is 2.83. The second kappa shape index (κ2) is 10.6. The molecule has 33 heavy (non-hydrogen) atoms. The van der Waals surface area contributed by atoms with E-state index in [0.29, 0.717) is 23.7 Å². The van der Waals surface area contributed by atoms with Crippen LogP contribution in [0.5, 0.6) is 0 Å². The van der Waals surface area contributed by atoms with Crippen LogP contribution in [0.2, 0.25) is 0 Å². The Hall–Kier alpha value is -3.28. The van der Waals surface area contributed by atoms with Crippen molar-refractivity contribution >= 4 is 11.7 Å². The van der Waals surface area contributed by atoms with Crippen LogP contribution in [0.4, 0.5) is 0 Å². The lowest BCUT2D eigenvalue weighted by atomic mass is 10.0. The molecule has 1 atom stereocenters. The molecule has 2 N–H and O–H groups in total. The summed E-state index contributed by atoms with van der Waals surface area (Å²) in [7, 11) is 0. The summed E-state index contributed by atoms with van der Waals surface area (Å²) < 4.78 is 0. The first kappa shape index (κ1) is 22.9. The average molecular weight is 442 g/mol. The van der Waals surface area contributed by atoms with E-state index in [1.165, 1.54) is 18.1 Å². The lowest BCUT2D eigenvalue weighted by Gasteiger charge is -2.31. The minimum Gasteiger partial charge on any atom is -0.348 e. The second-order valence-corrected chi connectivity index (χ2v) is 8.81. The van der Waals surface area contributed by atoms with Gasteiger partial charge in [0.25, 0.3) is 5.91 Å². The Kier molecular flexibility index (Phi) is 7.33. The van der Waals surface area contributed by atoms with Gasteiger partial charge in [0.15, 0.2) is 5.78 Å². The van der Waals surface area contributed by atoms with E-state index in [0.717, 1.165) is 37.3 Å². The number of hydrogen-bond donors (Lipinski definition) is 2. The maximum Gasteiger partial charge on any atom is 0.251 e. The zero-order valence-corrected chi connectivity index (χ0v) is 19.3. The van der Waals surface area contributed by atoms with Crippen molar-refractivity contribution < 1.29 is 9.59 Å². The van der Waals surface area contributed by atoms with Crippen LogP contribution in [0.25, 0.3) is 11.1 Å². The van der Waals surface area contributed by atoms with Crippen molar-refractivity contribution in [3.8, 4) is 11.1 Å². The molecule has 0 bridgehead atoms. The Morgan fingerprint density at radius 1 is 0.939 bits per heavy atom. The number of hydrogen-bond acceptors (Lipinski definition) is 4. The van der Waals surface area contributed by atoms with Crippen LogP contribution in [0, 0.1) is 0 Å². The van der Waals surface area contributed by atoms with Gasteiger partial charge in [0.1, 0.15) is 0 Å². The largest absolute Gasteiger partial charge is 0.348 e. The fraction of sp³-hybridized carbons (Fsp3) is 0.286. The smallest absolute Gasteiger partial charge is 0.251 e. The third kappa shape index (κ3) is 6.15. The number of nitrogens with one attached hydrogen (secondary N) is 2. The predicted octanol–water partition coefficient (Wildman–Crippen LogP) is 4.28. The fourth-order valence-electron chi connectivity index (χ4n) is 4.29. The van der Waals surface area contributed by atoms with Crippen molar-refractivity contribution in [2.45, 2.75) is 33.0 Å². The Bertz CT molecular complexity index is 1140. The van der Waals surface area contributed by atoms with Gasteiger partial charge in [0, 0.05) is 49.9 Å². The van der Waals surface area contributed by atoms with E-state index in [1.807, 2.05) is 12.1 Å². The molecule has 1 fully saturated rings. The molecule has 1 saturated heterocycles. The van der Waals surface area contributed by atoms with Crippen molar-refractivity contribution in [3.05, 3.63) is 95.1 Å². The van der Waals surface area contributed by atoms with Gasteiger partial charge in [-0.25, -0.2) is 0 Å². The van der Waals surface area contributed by atoms with Gasteiger partial charge in [-0.05, 0) is 60.4 Å². The quantitative estimate of drug-likeness (QED) is 0.538. The molecule has 170 valence electrons. The molecule has 3 aromatic carbocycles. The van der Waals surface area contributed by atoms with Gasteiger partial charge in [0.05, 0.1) is 0 Å². The number of carbonyl (C=O) groups is 2. The first-order valence-corrected chi connectivity index (χ1v) is 11.5. The number of nitrogens with zero attached hydrogens (tertiary/aromatic N) is 1. The second-order valence-electron chi connectivity index (χ2n) is 8.81. The molecule has 1 aliphatic heterocycles. The number of carbonyl (C=O) groups excluding carboxylic acids is 2. The first-order valence-electron chi connectivity index (χ1n) is 11.5. The van der Waals surface area contributed by atoms with Crippen molar-refractivity contribution in [3.63, 3.8) is 0 Å². The minimum atomic E-state index is -0.184. The van der Waals surface area contributed by atoms with Gasteiger partial charge >= 0.3 is 0 Å². The monoisotopic (exact) mass is 441 g/mol. The predicted molar refractivity (Wildman–Crippen MR) is 132 cm³/mol. The van der Waals surface area contributed by atoms with E-state index in [1.54, 1.807) is 24.3 Å². The third-order valence-corrected chi connectivity index (χ3v) is 6.03. The Balaban J connectivity index is 1.42. The molecule has 5 heteroatoms. The number of ketones is 1. The summed E-state index contributed by atoms with van der Waals surface area (Å²) >= 11 is 0. The van der Waals surface area contributed by atoms with Gasteiger partial charge in [-0.15, -0.1) is 0 Å². The summed E-state index contributed by atoms with van der Waals surface area (Å²) in [5, 5.41) is 6.46. The van der Waals surface area contributed by atoms with Gasteiger partial charge in [-0.2, -0.15) is 0 Å². The number of amides is 1. The highest BCUT2D eigenvalue weighted by Crippen LogP contribution is 2.23. The summed E-state index contributed by atoms with van der Waals surface area (Å²) in [6.45, 7) is 8.28. The number of benzene rings is 3. The van der Waals surface area contributed by atoms with Gasteiger partial charge < -0.3 is 10.6 Å². The topological polar surface area (TPSA) is 61.4 Å². The molecule has 0 radical (unpaired) electrons. The third-order valence-electron chi connectivity index (χ3n) is 6.03. The lowest BCUT2D eigenvalue weighted by molar-refractivity contribution is 0.0951. The molecule has 1 amide bonds. The minimum absolute atomic E-state index is 0.0500. The van der Waals surface area contributed by atoms with Gasteiger partial charge in [-0.1, -0.05) is 48.5 Å². The molecular formula is C28H31N3O2. The summed E-state index contributed by atoms with van der Waals surface area (Å²) in [5.41, 5.74) is 5.69. The van der Waals surface area contributed by atoms with E-state index in [2.05, 4.69) is 58.9 Å². The van der Waals surface area contributed by atoms with Crippen LogP contribution in [0.3, 0.4) is 0 Å². The van der Waals surface area contributed by atoms with E-state index < -0.39 is 0 Å². The van der Waals surface area contributed by atoms with Crippen LogP contribution in [-0.4, -0.2) is 42.3 Å². The molecule has 0 saturated carbocycles. The van der Waals surface area contributed by atoms with Crippen LogP contribution >= 0.6 is 0 Å². The normalized spacial score (nSPS) is 16.4. The van der Waals surface area contributed by atoms with Crippen molar-refractivity contribution in [2.24, 2.45) is 0 Å². The van der Waals surface area contributed by atoms with Crippen molar-refractivity contribution in [2.75, 3.05) is 19.6 Å². The molecule has 5 nitrogen and oxygen atoms in total. The van der Waals surface area contributed by atoms with Crippen LogP contribution in [-0.2, 0) is 13.1 Å². The van der Waals surface area contributed by atoms with E-state index in [-0.39, 0.29) is 11.7 Å². The number of Topliss-reactive ketones (excluding diaryl/α,β-unsaturated/α-hetero) is 1. The standard InChI is InChI=1S/C28H31N3O2/c1-20-18-31(13-12-29-20)19-23-7-4-10-26(15-23)25-9-3-6-22(14-25)17-30-28(33)27-11-5-8-24(16-27)21(2)32/h3-11,14-16,20,29H,12-13,17-19H2,1-2H3,(H,30,33)/t20-/m1/s1. The molecule has 3 aromatic rings. The summed E-state index contributed by atoms with van der Waals surface area (Å²) in [5.74, 6) is -0.234. The Labute approximate surface area is 195 Å². The van der Waals surface area contributed by atoms with Crippen molar-refractivity contribution in [1.82, 2.24) is 15.5 Å². The summed E-state index contributed by atoms with van der Waals surface area (Å²) in [6, 6.07) is 24.3. The summed E-state index contributed by atoms with van der Waals surface area (Å²) in [4.78, 5) is 26.7. The lowest BCUT2D eigenvalue weighted by Crippen LogP contribution is -2.48. The zero-order valence-electron chi connectivity index (χ0n) is 19.3. The fourth-order valence-corrected chi connectivity index (χ4v) is 4.29. The molecular weight excluding hydrogens is 410 g/mol. The molecule has 0 aliphatic carbocycles. The maximum atomic E-state index is 12.6. The maximum absolute atomic E-state index is 12.6. The number of rotatable bonds is 7. The van der Waals surface area contributed by atoms with Gasteiger partial charge in [0.2, 0.25) is 0 Å². The van der Waals surface area contributed by atoms with E-state index >= 15 is 0 Å². The SMILES string of the molecule is CC(=O)c1cccc(C(=O)NCc2cccc(-c3cccc(CN4CCN[C@H](C)C4)c3)c2)c1. The molecule has 0 aromatic heterocycles.